The zero-order valence-corrected chi connectivity index (χ0v) is 11.9. The summed E-state index contributed by atoms with van der Waals surface area (Å²) in [6, 6.07) is 3.80. The molecule has 2 N–H and O–H groups in total. The fraction of sp³-hybridized carbons (Fsp3) is 0.583. The topological polar surface area (TPSA) is 66.9 Å². The number of anilines is 1. The summed E-state index contributed by atoms with van der Waals surface area (Å²) in [5.74, 6) is 2.64. The number of amides is 1. The highest BCUT2D eigenvalue weighted by atomic mass is 32.2. The average Bonchev–Trinajstić information content (AvgIpc) is 2.37. The van der Waals surface area contributed by atoms with Crippen molar-refractivity contribution in [1.82, 2.24) is 15.5 Å². The van der Waals surface area contributed by atoms with E-state index >= 15 is 0 Å². The summed E-state index contributed by atoms with van der Waals surface area (Å²) < 4.78 is 0. The lowest BCUT2D eigenvalue weighted by atomic mass is 10.3. The molecule has 1 rings (SSSR count). The Bertz CT molecular complexity index is 369. The second-order valence-corrected chi connectivity index (χ2v) is 5.19. The maximum absolute atomic E-state index is 11.5. The predicted molar refractivity (Wildman–Crippen MR) is 76.1 cm³/mol. The Morgan fingerprint density at radius 3 is 2.72 bits per heavy atom. The van der Waals surface area contributed by atoms with Gasteiger partial charge in [0.25, 0.3) is 5.91 Å². The number of thioether (sulfide) groups is 1. The molecule has 0 aliphatic rings. The predicted octanol–water partition coefficient (Wildman–Crippen LogP) is 1.78. The zero-order chi connectivity index (χ0) is 13.4. The van der Waals surface area contributed by atoms with Gasteiger partial charge in [0.2, 0.25) is 0 Å². The van der Waals surface area contributed by atoms with Crippen molar-refractivity contribution in [3.8, 4) is 0 Å². The summed E-state index contributed by atoms with van der Waals surface area (Å²) in [5, 5.41) is 13.8. The van der Waals surface area contributed by atoms with E-state index in [1.807, 2.05) is 18.7 Å². The van der Waals surface area contributed by atoms with Crippen LogP contribution in [0.1, 0.15) is 31.3 Å². The molecule has 0 bridgehead atoms. The number of hydrogen-bond acceptors (Lipinski definition) is 5. The summed E-state index contributed by atoms with van der Waals surface area (Å²) in [5.41, 5.74) is 0.345. The Morgan fingerprint density at radius 2 is 2.17 bits per heavy atom. The maximum atomic E-state index is 11.5. The highest BCUT2D eigenvalue weighted by molar-refractivity contribution is 7.99. The molecule has 1 amide bonds. The zero-order valence-electron chi connectivity index (χ0n) is 11.1. The van der Waals surface area contributed by atoms with E-state index in [1.165, 1.54) is 0 Å². The summed E-state index contributed by atoms with van der Waals surface area (Å²) in [6.45, 7) is 6.69. The Balaban J connectivity index is 2.52. The first kappa shape index (κ1) is 14.8. The molecule has 6 heteroatoms. The van der Waals surface area contributed by atoms with Crippen LogP contribution in [0, 0.1) is 0 Å². The summed E-state index contributed by atoms with van der Waals surface area (Å²) in [4.78, 5) is 11.5. The number of nitrogens with zero attached hydrogens (tertiary/aromatic N) is 2. The molecule has 0 fully saturated rings. The van der Waals surface area contributed by atoms with Gasteiger partial charge in [0.1, 0.15) is 5.82 Å². The fourth-order valence-electron chi connectivity index (χ4n) is 1.37. The molecule has 0 aliphatic heterocycles. The summed E-state index contributed by atoms with van der Waals surface area (Å²) >= 11 is 1.88. The smallest absolute Gasteiger partial charge is 0.271 e. The van der Waals surface area contributed by atoms with Gasteiger partial charge in [-0.3, -0.25) is 4.79 Å². The van der Waals surface area contributed by atoms with Crippen molar-refractivity contribution in [2.45, 2.75) is 26.8 Å². The second-order valence-electron chi connectivity index (χ2n) is 3.87. The van der Waals surface area contributed by atoms with Crippen LogP contribution in [0.5, 0.6) is 0 Å². The molecule has 5 nitrogen and oxygen atoms in total. The van der Waals surface area contributed by atoms with Crippen LogP contribution < -0.4 is 10.6 Å². The van der Waals surface area contributed by atoms with Gasteiger partial charge in [-0.05, 0) is 31.7 Å². The van der Waals surface area contributed by atoms with Crippen molar-refractivity contribution in [1.29, 1.82) is 0 Å². The van der Waals surface area contributed by atoms with Gasteiger partial charge < -0.3 is 10.6 Å². The van der Waals surface area contributed by atoms with Crippen molar-refractivity contribution < 1.29 is 4.79 Å². The van der Waals surface area contributed by atoms with E-state index in [9.17, 15) is 4.79 Å². The minimum atomic E-state index is -0.189. The van der Waals surface area contributed by atoms with Gasteiger partial charge in [0.15, 0.2) is 5.69 Å². The van der Waals surface area contributed by atoms with Crippen molar-refractivity contribution in [2.24, 2.45) is 0 Å². The highest BCUT2D eigenvalue weighted by Gasteiger charge is 2.07. The van der Waals surface area contributed by atoms with Crippen LogP contribution in [0.15, 0.2) is 12.1 Å². The van der Waals surface area contributed by atoms with Crippen LogP contribution in [0.3, 0.4) is 0 Å². The molecule has 0 spiro atoms. The van der Waals surface area contributed by atoms with Crippen molar-refractivity contribution in [2.75, 3.05) is 23.4 Å². The number of carbonyl (C=O) groups excluding carboxylic acids is 1. The molecule has 0 radical (unpaired) electrons. The lowest BCUT2D eigenvalue weighted by Crippen LogP contribution is -2.24. The van der Waals surface area contributed by atoms with E-state index in [1.54, 1.807) is 12.1 Å². The minimum Gasteiger partial charge on any atom is -0.365 e. The summed E-state index contributed by atoms with van der Waals surface area (Å²) in [7, 11) is 0. The lowest BCUT2D eigenvalue weighted by molar-refractivity contribution is 0.0950. The third-order valence-corrected chi connectivity index (χ3v) is 3.34. The first-order valence-corrected chi connectivity index (χ1v) is 7.29. The first-order chi connectivity index (χ1) is 8.67. The molecule has 0 saturated heterocycles. The normalized spacial score (nSPS) is 11.9. The molecule has 0 aromatic carbocycles. The molecular weight excluding hydrogens is 248 g/mol. The van der Waals surface area contributed by atoms with Crippen LogP contribution in [0.4, 0.5) is 5.82 Å². The third-order valence-electron chi connectivity index (χ3n) is 2.20. The standard InChI is InChI=1S/C12H20N4OS/c1-4-13-12(17)10-6-7-11(16-15-10)14-9(3)8-18-5-2/h6-7,9H,4-5,8H2,1-3H3,(H,13,17)(H,14,16). The molecule has 100 valence electrons. The number of aromatic nitrogens is 2. The second kappa shape index (κ2) is 7.92. The van der Waals surface area contributed by atoms with Gasteiger partial charge in [-0.2, -0.15) is 11.8 Å². The SMILES string of the molecule is CCNC(=O)c1ccc(NC(C)CSCC)nn1. The maximum Gasteiger partial charge on any atom is 0.271 e. The monoisotopic (exact) mass is 268 g/mol. The molecule has 0 aliphatic carbocycles. The van der Waals surface area contributed by atoms with Gasteiger partial charge in [-0.15, -0.1) is 10.2 Å². The number of carbonyl (C=O) groups is 1. The van der Waals surface area contributed by atoms with Crippen LogP contribution >= 0.6 is 11.8 Å². The molecule has 1 aromatic rings. The summed E-state index contributed by atoms with van der Waals surface area (Å²) in [6.07, 6.45) is 0. The number of hydrogen-bond donors (Lipinski definition) is 2. The number of nitrogens with one attached hydrogen (secondary N) is 2. The van der Waals surface area contributed by atoms with E-state index in [0.717, 1.165) is 11.5 Å². The van der Waals surface area contributed by atoms with E-state index in [-0.39, 0.29) is 5.91 Å². The van der Waals surface area contributed by atoms with Crippen molar-refractivity contribution in [3.63, 3.8) is 0 Å². The Labute approximate surface area is 112 Å². The largest absolute Gasteiger partial charge is 0.365 e. The van der Waals surface area contributed by atoms with Crippen LogP contribution in [-0.2, 0) is 0 Å². The van der Waals surface area contributed by atoms with E-state index in [0.29, 0.717) is 24.1 Å². The Kier molecular flexibility index (Phi) is 6.49. The van der Waals surface area contributed by atoms with Gasteiger partial charge in [-0.1, -0.05) is 6.92 Å². The van der Waals surface area contributed by atoms with Gasteiger partial charge in [-0.25, -0.2) is 0 Å². The quantitative estimate of drug-likeness (QED) is 0.789. The minimum absolute atomic E-state index is 0.189. The lowest BCUT2D eigenvalue weighted by Gasteiger charge is -2.13. The fourth-order valence-corrected chi connectivity index (χ4v) is 2.04. The molecular formula is C12H20N4OS. The Hall–Kier alpha value is -1.30. The third kappa shape index (κ3) is 4.91. The van der Waals surface area contributed by atoms with Crippen LogP contribution in [0.2, 0.25) is 0 Å². The molecule has 0 saturated carbocycles. The van der Waals surface area contributed by atoms with Crippen molar-refractivity contribution >= 4 is 23.5 Å². The van der Waals surface area contributed by atoms with E-state index < -0.39 is 0 Å². The molecule has 18 heavy (non-hydrogen) atoms. The molecule has 1 heterocycles. The van der Waals surface area contributed by atoms with Crippen molar-refractivity contribution in [3.05, 3.63) is 17.8 Å². The number of rotatable bonds is 7. The first-order valence-electron chi connectivity index (χ1n) is 6.13. The van der Waals surface area contributed by atoms with E-state index in [4.69, 9.17) is 0 Å². The average molecular weight is 268 g/mol. The van der Waals surface area contributed by atoms with Gasteiger partial charge in [0.05, 0.1) is 0 Å². The molecule has 1 atom stereocenters. The van der Waals surface area contributed by atoms with E-state index in [2.05, 4.69) is 34.7 Å². The van der Waals surface area contributed by atoms with Gasteiger partial charge >= 0.3 is 0 Å². The molecule has 1 aromatic heterocycles. The highest BCUT2D eigenvalue weighted by Crippen LogP contribution is 2.08. The van der Waals surface area contributed by atoms with Crippen LogP contribution in [-0.4, -0.2) is 40.2 Å². The Morgan fingerprint density at radius 1 is 1.39 bits per heavy atom. The van der Waals surface area contributed by atoms with Gasteiger partial charge in [0, 0.05) is 18.3 Å². The molecule has 1 unspecified atom stereocenters. The van der Waals surface area contributed by atoms with Crippen LogP contribution in [0.25, 0.3) is 0 Å².